The molecule has 6 heteroatoms. The average Bonchev–Trinajstić information content (AvgIpc) is 2.10. The third-order valence-corrected chi connectivity index (χ3v) is 5.73. The third-order valence-electron chi connectivity index (χ3n) is 2.03. The van der Waals surface area contributed by atoms with Gasteiger partial charge in [-0.1, -0.05) is 6.92 Å². The Kier molecular flexibility index (Phi) is 8.18. The molecule has 0 aromatic rings. The van der Waals surface area contributed by atoms with Gasteiger partial charge < -0.3 is 9.05 Å². The van der Waals surface area contributed by atoms with Crippen molar-refractivity contribution in [3.8, 4) is 0 Å². The first kappa shape index (κ1) is 17.6. The molecule has 1 atom stereocenters. The minimum Gasteiger partial charge on any atom is -0.326 e. The van der Waals surface area contributed by atoms with E-state index in [1.165, 1.54) is 0 Å². The number of carbonyl (C=O) groups is 1. The maximum Gasteiger partial charge on any atom is 0.189 e. The zero-order valence-corrected chi connectivity index (χ0v) is 13.8. The molecule has 17 heavy (non-hydrogen) atoms. The molecule has 0 aliphatic carbocycles. The number of rotatable bonds is 8. The van der Waals surface area contributed by atoms with Crippen molar-refractivity contribution in [2.75, 3.05) is 6.16 Å². The second-order valence-electron chi connectivity index (χ2n) is 4.55. The Hall–Kier alpha value is 0.590. The highest BCUT2D eigenvalue weighted by Crippen LogP contribution is 2.52. The van der Waals surface area contributed by atoms with E-state index in [9.17, 15) is 4.79 Å². The molecular formula is C11H23O3PS2. The zero-order valence-electron chi connectivity index (χ0n) is 11.2. The van der Waals surface area contributed by atoms with Gasteiger partial charge in [-0.15, -0.1) is 12.6 Å². The number of thiol groups is 1. The van der Waals surface area contributed by atoms with E-state index in [0.29, 0.717) is 12.6 Å². The maximum absolute atomic E-state index is 11.3. The highest BCUT2D eigenvalue weighted by molar-refractivity contribution is 8.10. The molecule has 0 saturated heterocycles. The summed E-state index contributed by atoms with van der Waals surface area (Å²) in [6.07, 6.45) is 1.19. The summed E-state index contributed by atoms with van der Waals surface area (Å²) in [5, 5.41) is -0.138. The Balaban J connectivity index is 4.79. The summed E-state index contributed by atoms with van der Waals surface area (Å²) in [5.74, 6) is -0.179. The molecule has 0 rings (SSSR count). The Bertz CT molecular complexity index is 278. The molecule has 0 bridgehead atoms. The van der Waals surface area contributed by atoms with Crippen LogP contribution in [0.1, 0.15) is 41.0 Å². The number of carbonyl (C=O) groups excluding carboxylic acids is 1. The molecule has 0 heterocycles. The molecule has 0 aromatic heterocycles. The average molecular weight is 298 g/mol. The monoisotopic (exact) mass is 298 g/mol. The molecule has 0 amide bonds. The van der Waals surface area contributed by atoms with Crippen molar-refractivity contribution < 1.29 is 13.8 Å². The van der Waals surface area contributed by atoms with E-state index >= 15 is 0 Å². The molecule has 3 nitrogen and oxygen atoms in total. The molecule has 0 aromatic carbocycles. The van der Waals surface area contributed by atoms with Gasteiger partial charge in [-0.3, -0.25) is 4.79 Å². The van der Waals surface area contributed by atoms with Crippen molar-refractivity contribution in [2.45, 2.75) is 53.2 Å². The van der Waals surface area contributed by atoms with Gasteiger partial charge in [0, 0.05) is 12.1 Å². The molecule has 0 aliphatic rings. The van der Waals surface area contributed by atoms with E-state index in [2.05, 4.69) is 12.6 Å². The first-order valence-electron chi connectivity index (χ1n) is 5.88. The number of hydrogen-bond donors (Lipinski definition) is 1. The molecule has 0 spiro atoms. The first-order valence-corrected chi connectivity index (χ1v) is 9.16. The normalized spacial score (nSPS) is 14.4. The smallest absolute Gasteiger partial charge is 0.189 e. The molecule has 0 saturated carbocycles. The van der Waals surface area contributed by atoms with Crippen molar-refractivity contribution in [1.29, 1.82) is 0 Å². The summed E-state index contributed by atoms with van der Waals surface area (Å²) in [6, 6.07) is 0. The van der Waals surface area contributed by atoms with Crippen LogP contribution in [0.4, 0.5) is 0 Å². The van der Waals surface area contributed by atoms with Gasteiger partial charge in [0.15, 0.2) is 11.6 Å². The summed E-state index contributed by atoms with van der Waals surface area (Å²) in [6.45, 7) is 7.25. The van der Waals surface area contributed by atoms with Crippen LogP contribution in [0.3, 0.4) is 0 Å². The lowest BCUT2D eigenvalue weighted by Gasteiger charge is -2.28. The zero-order chi connectivity index (χ0) is 13.6. The summed E-state index contributed by atoms with van der Waals surface area (Å²) >= 11 is 9.38. The highest BCUT2D eigenvalue weighted by Gasteiger charge is 2.28. The Morgan fingerprint density at radius 2 is 1.65 bits per heavy atom. The standard InChI is InChI=1S/C11H23O3PS2/c1-6-10(11(12)16)7-15(17,13-8(2)3)14-9(4)5/h8-10H,6-7H2,1-5H3,(H,12,16). The van der Waals surface area contributed by atoms with Crippen LogP contribution in [0, 0.1) is 5.92 Å². The largest absolute Gasteiger partial charge is 0.326 e. The van der Waals surface area contributed by atoms with E-state index in [-0.39, 0.29) is 23.2 Å². The lowest BCUT2D eigenvalue weighted by Crippen LogP contribution is -2.18. The van der Waals surface area contributed by atoms with Gasteiger partial charge in [-0.2, -0.15) is 0 Å². The molecule has 0 radical (unpaired) electrons. The van der Waals surface area contributed by atoms with E-state index < -0.39 is 6.49 Å². The predicted molar refractivity (Wildman–Crippen MR) is 79.4 cm³/mol. The summed E-state index contributed by atoms with van der Waals surface area (Å²) < 4.78 is 11.5. The summed E-state index contributed by atoms with van der Waals surface area (Å²) in [7, 11) is 0. The van der Waals surface area contributed by atoms with Crippen LogP contribution in [0.5, 0.6) is 0 Å². The van der Waals surface area contributed by atoms with Gasteiger partial charge in [0.1, 0.15) is 0 Å². The summed E-state index contributed by atoms with van der Waals surface area (Å²) in [4.78, 5) is 11.3. The van der Waals surface area contributed by atoms with E-state index in [1.807, 2.05) is 34.6 Å². The fraction of sp³-hybridized carbons (Fsp3) is 0.909. The lowest BCUT2D eigenvalue weighted by molar-refractivity contribution is -0.113. The van der Waals surface area contributed by atoms with E-state index in [0.717, 1.165) is 0 Å². The van der Waals surface area contributed by atoms with Gasteiger partial charge in [0.25, 0.3) is 0 Å². The predicted octanol–water partition coefficient (Wildman–Crippen LogP) is 3.63. The quantitative estimate of drug-likeness (QED) is 0.548. The van der Waals surface area contributed by atoms with Crippen molar-refractivity contribution in [3.05, 3.63) is 0 Å². The topological polar surface area (TPSA) is 35.5 Å². The Morgan fingerprint density at radius 1 is 1.24 bits per heavy atom. The van der Waals surface area contributed by atoms with Crippen LogP contribution in [0.15, 0.2) is 0 Å². The van der Waals surface area contributed by atoms with Crippen LogP contribution in [0.25, 0.3) is 0 Å². The first-order chi connectivity index (χ1) is 7.70. The molecule has 102 valence electrons. The van der Waals surface area contributed by atoms with Crippen molar-refractivity contribution in [1.82, 2.24) is 0 Å². The minimum absolute atomic E-state index is 0.00658. The lowest BCUT2D eigenvalue weighted by atomic mass is 10.1. The van der Waals surface area contributed by atoms with Gasteiger partial charge in [-0.25, -0.2) is 0 Å². The molecular weight excluding hydrogens is 275 g/mol. The molecule has 0 N–H and O–H groups in total. The minimum atomic E-state index is -2.39. The fourth-order valence-electron chi connectivity index (χ4n) is 1.41. The van der Waals surface area contributed by atoms with Crippen molar-refractivity contribution in [2.24, 2.45) is 5.92 Å². The third kappa shape index (κ3) is 7.58. The van der Waals surface area contributed by atoms with Crippen LogP contribution in [-0.4, -0.2) is 23.5 Å². The van der Waals surface area contributed by atoms with Crippen LogP contribution in [0.2, 0.25) is 0 Å². The maximum atomic E-state index is 11.3. The van der Waals surface area contributed by atoms with E-state index in [4.69, 9.17) is 20.9 Å². The fourth-order valence-corrected chi connectivity index (χ4v) is 5.87. The van der Waals surface area contributed by atoms with Crippen molar-refractivity contribution in [3.63, 3.8) is 0 Å². The second-order valence-corrected chi connectivity index (χ2v) is 8.66. The van der Waals surface area contributed by atoms with E-state index in [1.54, 1.807) is 0 Å². The van der Waals surface area contributed by atoms with Crippen LogP contribution >= 0.6 is 19.1 Å². The highest BCUT2D eigenvalue weighted by atomic mass is 32.5. The SMILES string of the molecule is CCC(CP(=S)(OC(C)C)OC(C)C)C(=O)S. The Morgan fingerprint density at radius 3 is 1.88 bits per heavy atom. The number of hydrogen-bond acceptors (Lipinski definition) is 4. The molecule has 0 aliphatic heterocycles. The molecule has 1 unspecified atom stereocenters. The summed E-state index contributed by atoms with van der Waals surface area (Å²) in [5.41, 5.74) is 0. The second kappa shape index (κ2) is 7.90. The van der Waals surface area contributed by atoms with Crippen molar-refractivity contribution >= 4 is 36.0 Å². The molecule has 0 fully saturated rings. The Labute approximate surface area is 115 Å². The van der Waals surface area contributed by atoms with Crippen LogP contribution < -0.4 is 0 Å². The van der Waals surface area contributed by atoms with Gasteiger partial charge in [-0.05, 0) is 45.9 Å². The van der Waals surface area contributed by atoms with Gasteiger partial charge in [0.05, 0.1) is 12.2 Å². The van der Waals surface area contributed by atoms with Gasteiger partial charge >= 0.3 is 0 Å². The van der Waals surface area contributed by atoms with Gasteiger partial charge in [0.2, 0.25) is 0 Å². The van der Waals surface area contributed by atoms with Crippen LogP contribution in [-0.2, 0) is 25.6 Å².